The third-order valence-corrected chi connectivity index (χ3v) is 6.09. The highest BCUT2D eigenvalue weighted by Crippen LogP contribution is 2.37. The Hall–Kier alpha value is -2.71. The Labute approximate surface area is 172 Å². The van der Waals surface area contributed by atoms with Crippen LogP contribution in [-0.2, 0) is 16.6 Å². The molecule has 2 heterocycles. The third kappa shape index (κ3) is 4.33. The molecule has 0 spiro atoms. The summed E-state index contributed by atoms with van der Waals surface area (Å²) < 4.78 is 20.4. The second kappa shape index (κ2) is 8.75. The van der Waals surface area contributed by atoms with Crippen LogP contribution in [0, 0.1) is 5.82 Å². The van der Waals surface area contributed by atoms with E-state index in [0.717, 1.165) is 11.1 Å². The van der Waals surface area contributed by atoms with Crippen LogP contribution in [0.1, 0.15) is 10.8 Å². The quantitative estimate of drug-likeness (QED) is 0.602. The summed E-state index contributed by atoms with van der Waals surface area (Å²) in [6, 6.07) is 15.8. The van der Waals surface area contributed by atoms with Crippen molar-refractivity contribution >= 4 is 17.7 Å². The molecule has 0 N–H and O–H groups in total. The van der Waals surface area contributed by atoms with E-state index in [4.69, 9.17) is 4.74 Å². The van der Waals surface area contributed by atoms with Gasteiger partial charge >= 0.3 is 0 Å². The summed E-state index contributed by atoms with van der Waals surface area (Å²) in [5.41, 5.74) is 1.68. The lowest BCUT2D eigenvalue weighted by Crippen LogP contribution is -2.42. The van der Waals surface area contributed by atoms with Crippen molar-refractivity contribution in [2.75, 3.05) is 26.3 Å². The van der Waals surface area contributed by atoms with Crippen molar-refractivity contribution in [2.24, 2.45) is 7.05 Å². The highest BCUT2D eigenvalue weighted by molar-refractivity contribution is 8.00. The van der Waals surface area contributed by atoms with E-state index >= 15 is 0 Å². The van der Waals surface area contributed by atoms with Gasteiger partial charge in [0.2, 0.25) is 5.91 Å². The van der Waals surface area contributed by atoms with E-state index in [2.05, 4.69) is 10.2 Å². The molecule has 1 aliphatic heterocycles. The fraction of sp³-hybridized carbons (Fsp3) is 0.286. The van der Waals surface area contributed by atoms with Gasteiger partial charge in [-0.1, -0.05) is 42.1 Å². The molecular formula is C21H21FN4O2S. The SMILES string of the molecule is Cn1c(SC(C(=O)N2CCOCC2)c2ccccc2)nnc1-c1ccc(F)cc1. The van der Waals surface area contributed by atoms with Crippen molar-refractivity contribution in [3.8, 4) is 11.4 Å². The maximum absolute atomic E-state index is 13.3. The topological polar surface area (TPSA) is 60.2 Å². The van der Waals surface area contributed by atoms with Crippen LogP contribution in [0.2, 0.25) is 0 Å². The molecule has 1 aliphatic rings. The molecule has 1 saturated heterocycles. The molecule has 29 heavy (non-hydrogen) atoms. The van der Waals surface area contributed by atoms with Gasteiger partial charge in [-0.05, 0) is 29.8 Å². The van der Waals surface area contributed by atoms with E-state index in [9.17, 15) is 9.18 Å². The number of rotatable bonds is 5. The van der Waals surface area contributed by atoms with Gasteiger partial charge in [0.25, 0.3) is 0 Å². The molecule has 3 aromatic rings. The highest BCUT2D eigenvalue weighted by Gasteiger charge is 2.30. The summed E-state index contributed by atoms with van der Waals surface area (Å²) in [4.78, 5) is 15.1. The molecule has 1 unspecified atom stereocenters. The number of benzene rings is 2. The number of carbonyl (C=O) groups excluding carboxylic acids is 1. The van der Waals surface area contributed by atoms with Crippen LogP contribution < -0.4 is 0 Å². The van der Waals surface area contributed by atoms with Gasteiger partial charge in [0.05, 0.1) is 13.2 Å². The number of aromatic nitrogens is 3. The molecule has 2 aromatic carbocycles. The van der Waals surface area contributed by atoms with Crippen molar-refractivity contribution in [3.63, 3.8) is 0 Å². The average molecular weight is 412 g/mol. The van der Waals surface area contributed by atoms with Crippen molar-refractivity contribution in [1.29, 1.82) is 0 Å². The van der Waals surface area contributed by atoms with Gasteiger partial charge < -0.3 is 14.2 Å². The molecule has 1 atom stereocenters. The average Bonchev–Trinajstić information content (AvgIpc) is 3.13. The van der Waals surface area contributed by atoms with Gasteiger partial charge in [-0.25, -0.2) is 4.39 Å². The second-order valence-corrected chi connectivity index (χ2v) is 7.79. The molecule has 8 heteroatoms. The van der Waals surface area contributed by atoms with E-state index in [-0.39, 0.29) is 11.7 Å². The number of amides is 1. The van der Waals surface area contributed by atoms with E-state index in [0.29, 0.717) is 37.3 Å². The van der Waals surface area contributed by atoms with Crippen molar-refractivity contribution in [3.05, 3.63) is 66.0 Å². The van der Waals surface area contributed by atoms with Gasteiger partial charge in [0.15, 0.2) is 11.0 Å². The number of ether oxygens (including phenoxy) is 1. The van der Waals surface area contributed by atoms with Gasteiger partial charge in [-0.3, -0.25) is 4.79 Å². The normalized spacial score (nSPS) is 15.3. The summed E-state index contributed by atoms with van der Waals surface area (Å²) in [6.07, 6.45) is 0. The molecule has 1 amide bonds. The minimum Gasteiger partial charge on any atom is -0.378 e. The van der Waals surface area contributed by atoms with E-state index < -0.39 is 5.25 Å². The lowest BCUT2D eigenvalue weighted by molar-refractivity contribution is -0.134. The smallest absolute Gasteiger partial charge is 0.240 e. The van der Waals surface area contributed by atoms with E-state index in [1.165, 1.54) is 23.9 Å². The molecule has 150 valence electrons. The molecular weight excluding hydrogens is 391 g/mol. The predicted molar refractivity (Wildman–Crippen MR) is 109 cm³/mol. The first kappa shape index (κ1) is 19.6. The monoisotopic (exact) mass is 412 g/mol. The second-order valence-electron chi connectivity index (χ2n) is 6.72. The van der Waals surface area contributed by atoms with Gasteiger partial charge in [0.1, 0.15) is 11.1 Å². The lowest BCUT2D eigenvalue weighted by atomic mass is 10.1. The van der Waals surface area contributed by atoms with E-state index in [1.54, 1.807) is 12.1 Å². The molecule has 0 radical (unpaired) electrons. The Morgan fingerprint density at radius 3 is 2.45 bits per heavy atom. The molecule has 1 aromatic heterocycles. The maximum atomic E-state index is 13.3. The predicted octanol–water partition coefficient (Wildman–Crippen LogP) is 3.31. The first-order chi connectivity index (χ1) is 14.1. The molecule has 4 rings (SSSR count). The van der Waals surface area contributed by atoms with Crippen LogP contribution in [0.5, 0.6) is 0 Å². The number of hydrogen-bond acceptors (Lipinski definition) is 5. The van der Waals surface area contributed by atoms with Gasteiger partial charge in [-0.2, -0.15) is 0 Å². The zero-order valence-corrected chi connectivity index (χ0v) is 16.8. The summed E-state index contributed by atoms with van der Waals surface area (Å²) in [6.45, 7) is 2.28. The van der Waals surface area contributed by atoms with Gasteiger partial charge in [0, 0.05) is 25.7 Å². The minimum atomic E-state index is -0.432. The third-order valence-electron chi connectivity index (χ3n) is 4.81. The summed E-state index contributed by atoms with van der Waals surface area (Å²) in [5.74, 6) is 0.361. The Morgan fingerprint density at radius 2 is 1.76 bits per heavy atom. The zero-order valence-electron chi connectivity index (χ0n) is 16.0. The standard InChI is InChI=1S/C21H21FN4O2S/c1-25-19(16-7-9-17(22)10-8-16)23-24-21(25)29-18(15-5-3-2-4-6-15)20(27)26-11-13-28-14-12-26/h2-10,18H,11-14H2,1H3. The molecule has 0 bridgehead atoms. The summed E-state index contributed by atoms with van der Waals surface area (Å²) in [7, 11) is 1.85. The summed E-state index contributed by atoms with van der Waals surface area (Å²) in [5, 5.41) is 8.75. The number of halogens is 1. The fourth-order valence-electron chi connectivity index (χ4n) is 3.21. The molecule has 1 fully saturated rings. The van der Waals surface area contributed by atoms with Crippen LogP contribution in [0.3, 0.4) is 0 Å². The number of morpholine rings is 1. The van der Waals surface area contributed by atoms with E-state index in [1.807, 2.05) is 46.8 Å². The molecule has 0 aliphatic carbocycles. The first-order valence-electron chi connectivity index (χ1n) is 9.37. The number of thioether (sulfide) groups is 1. The number of carbonyl (C=O) groups is 1. The van der Waals surface area contributed by atoms with Crippen LogP contribution in [-0.4, -0.2) is 51.9 Å². The first-order valence-corrected chi connectivity index (χ1v) is 10.2. The van der Waals surface area contributed by atoms with Crippen molar-refractivity contribution < 1.29 is 13.9 Å². The zero-order chi connectivity index (χ0) is 20.2. The largest absolute Gasteiger partial charge is 0.378 e. The van der Waals surface area contributed by atoms with Crippen LogP contribution in [0.15, 0.2) is 59.8 Å². The molecule has 0 saturated carbocycles. The Kier molecular flexibility index (Phi) is 5.92. The van der Waals surface area contributed by atoms with Gasteiger partial charge in [-0.15, -0.1) is 10.2 Å². The number of nitrogens with zero attached hydrogens (tertiary/aromatic N) is 4. The summed E-state index contributed by atoms with van der Waals surface area (Å²) >= 11 is 1.37. The lowest BCUT2D eigenvalue weighted by Gasteiger charge is -2.30. The van der Waals surface area contributed by atoms with Crippen LogP contribution in [0.4, 0.5) is 4.39 Å². The Balaban J connectivity index is 1.62. The Morgan fingerprint density at radius 1 is 1.07 bits per heavy atom. The minimum absolute atomic E-state index is 0.0378. The van der Waals surface area contributed by atoms with Crippen molar-refractivity contribution in [2.45, 2.75) is 10.4 Å². The highest BCUT2D eigenvalue weighted by atomic mass is 32.2. The van der Waals surface area contributed by atoms with Crippen molar-refractivity contribution in [1.82, 2.24) is 19.7 Å². The molecule has 6 nitrogen and oxygen atoms in total. The van der Waals surface area contributed by atoms with Crippen LogP contribution in [0.25, 0.3) is 11.4 Å². The maximum Gasteiger partial charge on any atom is 0.240 e. The number of hydrogen-bond donors (Lipinski definition) is 0. The fourth-order valence-corrected chi connectivity index (χ4v) is 4.30. The Bertz CT molecular complexity index is 972. The van der Waals surface area contributed by atoms with Crippen LogP contribution >= 0.6 is 11.8 Å².